The van der Waals surface area contributed by atoms with E-state index in [1.54, 1.807) is 0 Å². The van der Waals surface area contributed by atoms with Crippen molar-refractivity contribution in [2.75, 3.05) is 0 Å². The summed E-state index contributed by atoms with van der Waals surface area (Å²) in [6.07, 6.45) is 3.08. The number of aliphatic hydroxyl groups is 1. The van der Waals surface area contributed by atoms with Gasteiger partial charge in [-0.2, -0.15) is 5.26 Å². The number of hydrogen-bond donors (Lipinski definition) is 1. The molecule has 0 radical (unpaired) electrons. The van der Waals surface area contributed by atoms with E-state index in [1.807, 2.05) is 20.8 Å². The molecule has 2 unspecified atom stereocenters. The largest absolute Gasteiger partial charge is 0.389 e. The summed E-state index contributed by atoms with van der Waals surface area (Å²) in [7, 11) is 0. The second-order valence-corrected chi connectivity index (χ2v) is 3.30. The van der Waals surface area contributed by atoms with Gasteiger partial charge in [-0.15, -0.1) is 0 Å². The predicted molar refractivity (Wildman–Crippen MR) is 49.5 cm³/mol. The Balaban J connectivity index is 4.38. The zero-order valence-corrected chi connectivity index (χ0v) is 8.30. The molecule has 0 aromatic rings. The van der Waals surface area contributed by atoms with Crippen molar-refractivity contribution in [3.63, 3.8) is 0 Å². The molecule has 0 aromatic carbocycles. The highest BCUT2D eigenvalue weighted by Crippen LogP contribution is 2.28. The van der Waals surface area contributed by atoms with Crippen molar-refractivity contribution in [2.45, 2.75) is 52.1 Å². The average Bonchev–Trinajstić information content (AvgIpc) is 2.07. The van der Waals surface area contributed by atoms with Crippen LogP contribution in [0.15, 0.2) is 0 Å². The van der Waals surface area contributed by atoms with E-state index >= 15 is 0 Å². The van der Waals surface area contributed by atoms with Crippen LogP contribution < -0.4 is 0 Å². The molecule has 0 aliphatic rings. The van der Waals surface area contributed by atoms with Gasteiger partial charge in [0, 0.05) is 0 Å². The second kappa shape index (κ2) is 5.16. The summed E-state index contributed by atoms with van der Waals surface area (Å²) in [6.45, 7) is 5.92. The lowest BCUT2D eigenvalue weighted by Gasteiger charge is -2.30. The van der Waals surface area contributed by atoms with Gasteiger partial charge in [0.25, 0.3) is 0 Å². The molecule has 0 spiro atoms. The maximum absolute atomic E-state index is 10.1. The van der Waals surface area contributed by atoms with Crippen molar-refractivity contribution in [1.29, 1.82) is 5.26 Å². The third-order valence-electron chi connectivity index (χ3n) is 2.51. The Morgan fingerprint density at radius 3 is 2.25 bits per heavy atom. The van der Waals surface area contributed by atoms with Gasteiger partial charge in [0.2, 0.25) is 0 Å². The zero-order valence-electron chi connectivity index (χ0n) is 8.30. The van der Waals surface area contributed by atoms with Crippen LogP contribution in [0, 0.1) is 17.2 Å². The van der Waals surface area contributed by atoms with Crippen LogP contribution in [0.25, 0.3) is 0 Å². The minimum Gasteiger partial charge on any atom is -0.389 e. The van der Waals surface area contributed by atoms with Gasteiger partial charge in [-0.25, -0.2) is 0 Å². The molecule has 0 fully saturated rings. The molecule has 0 saturated heterocycles. The van der Waals surface area contributed by atoms with Crippen molar-refractivity contribution in [3.8, 4) is 6.07 Å². The molecular weight excluding hydrogens is 150 g/mol. The van der Waals surface area contributed by atoms with Crippen LogP contribution in [-0.2, 0) is 0 Å². The van der Waals surface area contributed by atoms with E-state index in [-0.39, 0.29) is 5.92 Å². The van der Waals surface area contributed by atoms with Crippen LogP contribution in [0.1, 0.15) is 46.5 Å². The minimum absolute atomic E-state index is 0.206. The molecule has 0 aromatic heterocycles. The minimum atomic E-state index is -0.752. The first-order valence-electron chi connectivity index (χ1n) is 4.76. The first-order chi connectivity index (χ1) is 5.64. The fourth-order valence-corrected chi connectivity index (χ4v) is 1.62. The SMILES string of the molecule is CCCC(O)(CC)C(C#N)CC. The molecular formula is C10H19NO. The first-order valence-corrected chi connectivity index (χ1v) is 4.76. The summed E-state index contributed by atoms with van der Waals surface area (Å²) in [4.78, 5) is 0. The fraction of sp³-hybridized carbons (Fsp3) is 0.900. The molecule has 0 heterocycles. The van der Waals surface area contributed by atoms with E-state index in [4.69, 9.17) is 5.26 Å². The predicted octanol–water partition coefficient (Wildman–Crippen LogP) is 2.48. The Kier molecular flexibility index (Phi) is 4.92. The molecule has 12 heavy (non-hydrogen) atoms. The second-order valence-electron chi connectivity index (χ2n) is 3.30. The molecule has 0 bridgehead atoms. The van der Waals surface area contributed by atoms with Crippen LogP contribution in [0.5, 0.6) is 0 Å². The van der Waals surface area contributed by atoms with Crippen molar-refractivity contribution < 1.29 is 5.11 Å². The van der Waals surface area contributed by atoms with Crippen molar-refractivity contribution in [3.05, 3.63) is 0 Å². The first kappa shape index (κ1) is 11.4. The highest BCUT2D eigenvalue weighted by atomic mass is 16.3. The van der Waals surface area contributed by atoms with E-state index in [1.165, 1.54) is 0 Å². The number of nitrogens with zero attached hydrogens (tertiary/aromatic N) is 1. The summed E-state index contributed by atoms with van der Waals surface area (Å²) in [5.74, 6) is -0.206. The Morgan fingerprint density at radius 2 is 2.00 bits per heavy atom. The summed E-state index contributed by atoms with van der Waals surface area (Å²) in [6, 6.07) is 2.18. The van der Waals surface area contributed by atoms with Crippen molar-refractivity contribution in [1.82, 2.24) is 0 Å². The summed E-state index contributed by atoms with van der Waals surface area (Å²) in [5, 5.41) is 18.9. The third kappa shape index (κ3) is 2.49. The smallest absolute Gasteiger partial charge is 0.0802 e. The Bertz CT molecular complexity index is 162. The quantitative estimate of drug-likeness (QED) is 0.687. The molecule has 0 aliphatic carbocycles. The lowest BCUT2D eigenvalue weighted by molar-refractivity contribution is -0.0114. The van der Waals surface area contributed by atoms with Gasteiger partial charge in [-0.3, -0.25) is 0 Å². The molecule has 0 amide bonds. The summed E-state index contributed by atoms with van der Waals surface area (Å²) < 4.78 is 0. The lowest BCUT2D eigenvalue weighted by Crippen LogP contribution is -2.36. The van der Waals surface area contributed by atoms with E-state index < -0.39 is 5.60 Å². The van der Waals surface area contributed by atoms with E-state index in [0.29, 0.717) is 6.42 Å². The van der Waals surface area contributed by atoms with Crippen LogP contribution in [0.4, 0.5) is 0 Å². The maximum Gasteiger partial charge on any atom is 0.0802 e. The standard InChI is InChI=1S/C10H19NO/c1-4-7-10(12,6-3)9(5-2)8-11/h9,12H,4-7H2,1-3H3. The molecule has 0 saturated carbocycles. The van der Waals surface area contributed by atoms with Gasteiger partial charge in [0.15, 0.2) is 0 Å². The zero-order chi connectivity index (χ0) is 9.61. The molecule has 70 valence electrons. The highest BCUT2D eigenvalue weighted by molar-refractivity contribution is 4.97. The maximum atomic E-state index is 10.1. The lowest BCUT2D eigenvalue weighted by atomic mass is 9.81. The van der Waals surface area contributed by atoms with Crippen LogP contribution in [0.2, 0.25) is 0 Å². The third-order valence-corrected chi connectivity index (χ3v) is 2.51. The molecule has 0 rings (SSSR count). The molecule has 2 heteroatoms. The van der Waals surface area contributed by atoms with Crippen molar-refractivity contribution >= 4 is 0 Å². The average molecular weight is 169 g/mol. The van der Waals surface area contributed by atoms with E-state index in [2.05, 4.69) is 6.07 Å². The van der Waals surface area contributed by atoms with E-state index in [9.17, 15) is 5.11 Å². The summed E-state index contributed by atoms with van der Waals surface area (Å²) in [5.41, 5.74) is -0.752. The Morgan fingerprint density at radius 1 is 1.42 bits per heavy atom. The number of rotatable bonds is 5. The van der Waals surface area contributed by atoms with Gasteiger partial charge < -0.3 is 5.11 Å². The van der Waals surface area contributed by atoms with Crippen molar-refractivity contribution in [2.24, 2.45) is 5.92 Å². The Hall–Kier alpha value is -0.550. The molecule has 2 atom stereocenters. The Labute approximate surface area is 75.2 Å². The van der Waals surface area contributed by atoms with Gasteiger partial charge in [-0.1, -0.05) is 27.2 Å². The molecule has 0 aliphatic heterocycles. The van der Waals surface area contributed by atoms with Gasteiger partial charge in [0.05, 0.1) is 17.6 Å². The van der Waals surface area contributed by atoms with Gasteiger partial charge in [-0.05, 0) is 19.3 Å². The summed E-state index contributed by atoms with van der Waals surface area (Å²) >= 11 is 0. The number of nitriles is 1. The normalized spacial score (nSPS) is 17.9. The molecule has 2 nitrogen and oxygen atoms in total. The van der Waals surface area contributed by atoms with Crippen LogP contribution in [-0.4, -0.2) is 10.7 Å². The van der Waals surface area contributed by atoms with Crippen LogP contribution in [0.3, 0.4) is 0 Å². The van der Waals surface area contributed by atoms with Gasteiger partial charge >= 0.3 is 0 Å². The van der Waals surface area contributed by atoms with Crippen LogP contribution >= 0.6 is 0 Å². The fourth-order valence-electron chi connectivity index (χ4n) is 1.62. The monoisotopic (exact) mass is 169 g/mol. The topological polar surface area (TPSA) is 44.0 Å². The highest BCUT2D eigenvalue weighted by Gasteiger charge is 2.32. The number of hydrogen-bond acceptors (Lipinski definition) is 2. The molecule has 1 N–H and O–H groups in total. The van der Waals surface area contributed by atoms with Gasteiger partial charge in [0.1, 0.15) is 0 Å². The van der Waals surface area contributed by atoms with E-state index in [0.717, 1.165) is 19.3 Å².